The number of allylic oxidation sites excluding steroid dienone is 1. The molecule has 1 atom stereocenters. The van der Waals surface area contributed by atoms with Crippen molar-refractivity contribution in [3.63, 3.8) is 0 Å². The van der Waals surface area contributed by atoms with E-state index in [1.807, 2.05) is 12.1 Å². The van der Waals surface area contributed by atoms with Crippen LogP contribution in [0.25, 0.3) is 0 Å². The molecule has 9 heteroatoms. The number of amidine groups is 1. The lowest BCUT2D eigenvalue weighted by atomic mass is 9.86. The van der Waals surface area contributed by atoms with Crippen molar-refractivity contribution >= 4 is 11.7 Å². The van der Waals surface area contributed by atoms with Crippen molar-refractivity contribution in [1.29, 1.82) is 0 Å². The maximum atomic E-state index is 13.5. The van der Waals surface area contributed by atoms with E-state index >= 15 is 0 Å². The van der Waals surface area contributed by atoms with Gasteiger partial charge in [-0.3, -0.25) is 9.79 Å². The highest BCUT2D eigenvalue weighted by Gasteiger charge is 2.43. The van der Waals surface area contributed by atoms with Gasteiger partial charge in [-0.15, -0.1) is 0 Å². The maximum Gasteiger partial charge on any atom is 0.291 e. The van der Waals surface area contributed by atoms with E-state index < -0.39 is 5.91 Å². The number of ether oxygens (including phenoxy) is 3. The molecule has 1 unspecified atom stereocenters. The predicted octanol–water partition coefficient (Wildman–Crippen LogP) is 5.88. The number of carbonyl (C=O) groups is 1. The lowest BCUT2D eigenvalue weighted by Gasteiger charge is -2.24. The molecule has 1 fully saturated rings. The molecule has 238 valence electrons. The molecule has 1 amide bonds. The monoisotopic (exact) mass is 604 g/mol. The molecule has 44 heavy (non-hydrogen) atoms. The number of aliphatic imine (C=N–C) groups is 1. The Morgan fingerprint density at radius 2 is 1.80 bits per heavy atom. The summed E-state index contributed by atoms with van der Waals surface area (Å²) in [7, 11) is 3.15. The third-order valence-electron chi connectivity index (χ3n) is 8.93. The number of methoxy groups -OCH3 is 2. The van der Waals surface area contributed by atoms with Gasteiger partial charge in [-0.1, -0.05) is 19.1 Å². The smallest absolute Gasteiger partial charge is 0.291 e. The zero-order valence-corrected chi connectivity index (χ0v) is 27.6. The Labute approximate surface area is 261 Å². The highest BCUT2D eigenvalue weighted by atomic mass is 16.5. The second-order valence-electron chi connectivity index (χ2n) is 13.1. The molecule has 3 aliphatic rings. The van der Waals surface area contributed by atoms with Gasteiger partial charge < -0.3 is 34.2 Å². The standard InChI is InChI=1S/C35H48N4O5/c1-22-11-13-28(41-7)30(33(42-8)38-31(22)36-15-18-39-16-9-10-17-39)37-32(40)29-14-12-25(43-29)20-24-21-27-26(19-23(24)2)34(3,4)44-35(27,5)6/h12-14,19,21-22H,9-11,15-18,20H2,1-8H3,(H,36,38)(H,37,40)/b28-13-,33-30-. The van der Waals surface area contributed by atoms with Crippen LogP contribution in [-0.4, -0.2) is 57.0 Å². The summed E-state index contributed by atoms with van der Waals surface area (Å²) < 4.78 is 23.9. The number of fused-ring (bicyclic) bond motifs is 1. The van der Waals surface area contributed by atoms with Gasteiger partial charge in [0, 0.05) is 18.9 Å². The Morgan fingerprint density at radius 1 is 1.09 bits per heavy atom. The fraction of sp³-hybridized carbons (Fsp3) is 0.543. The number of benzene rings is 1. The molecule has 2 aromatic rings. The summed E-state index contributed by atoms with van der Waals surface area (Å²) in [6.07, 6.45) is 5.74. The van der Waals surface area contributed by atoms with Gasteiger partial charge in [0.2, 0.25) is 5.88 Å². The molecule has 5 rings (SSSR count). The van der Waals surface area contributed by atoms with E-state index in [1.54, 1.807) is 20.3 Å². The topological polar surface area (TPSA) is 97.6 Å². The van der Waals surface area contributed by atoms with Crippen molar-refractivity contribution in [3.05, 3.63) is 81.5 Å². The van der Waals surface area contributed by atoms with Gasteiger partial charge in [-0.2, -0.15) is 0 Å². The average Bonchev–Trinajstić information content (AvgIpc) is 3.69. The van der Waals surface area contributed by atoms with Crippen molar-refractivity contribution in [2.24, 2.45) is 10.9 Å². The van der Waals surface area contributed by atoms with Crippen LogP contribution in [0.1, 0.15) is 92.4 Å². The van der Waals surface area contributed by atoms with Crippen molar-refractivity contribution in [2.75, 3.05) is 40.4 Å². The van der Waals surface area contributed by atoms with Gasteiger partial charge in [0.1, 0.15) is 23.1 Å². The Hall–Kier alpha value is -3.56. The van der Waals surface area contributed by atoms with Crippen LogP contribution >= 0.6 is 0 Å². The van der Waals surface area contributed by atoms with Gasteiger partial charge in [0.25, 0.3) is 5.91 Å². The minimum atomic E-state index is -0.395. The number of nitrogens with one attached hydrogen (secondary N) is 2. The number of carbonyl (C=O) groups excluding carboxylic acids is 1. The molecule has 9 nitrogen and oxygen atoms in total. The second-order valence-corrected chi connectivity index (χ2v) is 13.1. The number of amides is 1. The highest BCUT2D eigenvalue weighted by molar-refractivity contribution is 5.93. The third kappa shape index (κ3) is 6.74. The van der Waals surface area contributed by atoms with Crippen LogP contribution < -0.4 is 10.6 Å². The van der Waals surface area contributed by atoms with Crippen LogP contribution in [-0.2, 0) is 31.8 Å². The molecule has 0 aliphatic carbocycles. The molecule has 0 spiro atoms. The summed E-state index contributed by atoms with van der Waals surface area (Å²) in [6, 6.07) is 8.00. The Kier molecular flexibility index (Phi) is 9.28. The quantitative estimate of drug-likeness (QED) is 0.369. The van der Waals surface area contributed by atoms with Crippen LogP contribution in [0.4, 0.5) is 0 Å². The summed E-state index contributed by atoms with van der Waals surface area (Å²) in [6.45, 7) is 16.6. The van der Waals surface area contributed by atoms with E-state index in [2.05, 4.69) is 69.2 Å². The molecule has 0 radical (unpaired) electrons. The van der Waals surface area contributed by atoms with E-state index in [0.29, 0.717) is 42.5 Å². The molecule has 4 heterocycles. The minimum absolute atomic E-state index is 0.125. The Bertz CT molecular complexity index is 1480. The van der Waals surface area contributed by atoms with E-state index in [9.17, 15) is 4.79 Å². The van der Waals surface area contributed by atoms with Crippen molar-refractivity contribution in [1.82, 2.24) is 15.5 Å². The first-order chi connectivity index (χ1) is 20.9. The zero-order chi connectivity index (χ0) is 31.6. The molecular formula is C35H48N4O5. The predicted molar refractivity (Wildman–Crippen MR) is 171 cm³/mol. The van der Waals surface area contributed by atoms with E-state index in [0.717, 1.165) is 36.6 Å². The fourth-order valence-corrected chi connectivity index (χ4v) is 6.53. The molecule has 0 saturated carbocycles. The Morgan fingerprint density at radius 3 is 2.48 bits per heavy atom. The zero-order valence-electron chi connectivity index (χ0n) is 27.6. The van der Waals surface area contributed by atoms with E-state index in [1.165, 1.54) is 24.0 Å². The van der Waals surface area contributed by atoms with Crippen LogP contribution in [0, 0.1) is 12.8 Å². The number of nitrogens with zero attached hydrogens (tertiary/aromatic N) is 2. The fourth-order valence-electron chi connectivity index (χ4n) is 6.53. The van der Waals surface area contributed by atoms with Crippen molar-refractivity contribution in [3.8, 4) is 0 Å². The SMILES string of the molecule is COC1=C\CC(C)C(=NCCN2CCCC2)N/C(OC)=C\1NC(=O)c1ccc(Cc2cc3c(cc2C)C(C)(C)OC3(C)C)o1. The first-order valence-electron chi connectivity index (χ1n) is 15.7. The molecule has 1 saturated heterocycles. The molecule has 2 N–H and O–H groups in total. The Balaban J connectivity index is 1.33. The summed E-state index contributed by atoms with van der Waals surface area (Å²) >= 11 is 0. The summed E-state index contributed by atoms with van der Waals surface area (Å²) in [5.41, 5.74) is 4.40. The lowest BCUT2D eigenvalue weighted by Crippen LogP contribution is -2.37. The van der Waals surface area contributed by atoms with Crippen molar-refractivity contribution in [2.45, 2.75) is 78.4 Å². The summed E-state index contributed by atoms with van der Waals surface area (Å²) in [5.74, 6) is 2.34. The lowest BCUT2D eigenvalue weighted by molar-refractivity contribution is -0.105. The highest BCUT2D eigenvalue weighted by Crippen LogP contribution is 2.47. The van der Waals surface area contributed by atoms with Crippen molar-refractivity contribution < 1.29 is 23.4 Å². The average molecular weight is 605 g/mol. The molecule has 1 aromatic carbocycles. The number of rotatable bonds is 9. The summed E-state index contributed by atoms with van der Waals surface area (Å²) in [5, 5.41) is 6.31. The second kappa shape index (κ2) is 12.8. The number of aryl methyl sites for hydroxylation is 1. The van der Waals surface area contributed by atoms with E-state index in [4.69, 9.17) is 23.6 Å². The van der Waals surface area contributed by atoms with Crippen LogP contribution in [0.5, 0.6) is 0 Å². The molecule has 0 bridgehead atoms. The third-order valence-corrected chi connectivity index (χ3v) is 8.93. The molecule has 3 aliphatic heterocycles. The number of hydrogen-bond acceptors (Lipinski definition) is 7. The van der Waals surface area contributed by atoms with Gasteiger partial charge in [-0.25, -0.2) is 0 Å². The molecular weight excluding hydrogens is 556 g/mol. The number of hydrogen-bond donors (Lipinski definition) is 2. The van der Waals surface area contributed by atoms with Crippen LogP contribution in [0.2, 0.25) is 0 Å². The van der Waals surface area contributed by atoms with Gasteiger partial charge in [0.15, 0.2) is 5.76 Å². The maximum absolute atomic E-state index is 13.5. The van der Waals surface area contributed by atoms with Crippen LogP contribution in [0.15, 0.2) is 57.1 Å². The number of likely N-dealkylation sites (tertiary alicyclic amines) is 1. The van der Waals surface area contributed by atoms with Crippen LogP contribution in [0.3, 0.4) is 0 Å². The normalized spacial score (nSPS) is 25.0. The minimum Gasteiger partial charge on any atom is -0.495 e. The molecule has 1 aromatic heterocycles. The largest absolute Gasteiger partial charge is 0.495 e. The number of furan rings is 1. The van der Waals surface area contributed by atoms with Gasteiger partial charge in [-0.05, 0) is 107 Å². The van der Waals surface area contributed by atoms with Gasteiger partial charge in [0.05, 0.1) is 32.0 Å². The first-order valence-corrected chi connectivity index (χ1v) is 15.7. The first kappa shape index (κ1) is 31.9. The van der Waals surface area contributed by atoms with Gasteiger partial charge >= 0.3 is 0 Å². The van der Waals surface area contributed by atoms with E-state index in [-0.39, 0.29) is 22.9 Å². The summed E-state index contributed by atoms with van der Waals surface area (Å²) in [4.78, 5) is 20.8.